The molecule has 0 amide bonds. The number of nitrogens with zero attached hydrogens (tertiary/aromatic N) is 1. The molecule has 1 atom stereocenters. The lowest BCUT2D eigenvalue weighted by Gasteiger charge is -2.29. The molecule has 112 valence electrons. The van der Waals surface area contributed by atoms with Crippen LogP contribution in [0.5, 0.6) is 5.75 Å². The van der Waals surface area contributed by atoms with Crippen LogP contribution in [0.15, 0.2) is 22.7 Å². The second-order valence-electron chi connectivity index (χ2n) is 7.04. The molecular formula is C17H26BrNO. The predicted molar refractivity (Wildman–Crippen MR) is 87.9 cm³/mol. The Labute approximate surface area is 131 Å². The van der Waals surface area contributed by atoms with Crippen LogP contribution in [0.4, 0.5) is 0 Å². The van der Waals surface area contributed by atoms with E-state index in [-0.39, 0.29) is 0 Å². The zero-order chi connectivity index (χ0) is 14.8. The Morgan fingerprint density at radius 3 is 2.70 bits per heavy atom. The lowest BCUT2D eigenvalue weighted by atomic mass is 9.77. The number of rotatable bonds is 2. The van der Waals surface area contributed by atoms with Crippen molar-refractivity contribution < 1.29 is 5.11 Å². The molecule has 0 spiro atoms. The van der Waals surface area contributed by atoms with Crippen molar-refractivity contribution in [3.05, 3.63) is 28.2 Å². The highest BCUT2D eigenvalue weighted by atomic mass is 79.9. The van der Waals surface area contributed by atoms with Gasteiger partial charge in [-0.25, -0.2) is 0 Å². The first-order chi connectivity index (χ1) is 9.36. The molecule has 0 aliphatic carbocycles. The van der Waals surface area contributed by atoms with E-state index in [0.29, 0.717) is 11.2 Å². The molecule has 20 heavy (non-hydrogen) atoms. The van der Waals surface area contributed by atoms with Crippen molar-refractivity contribution in [3.8, 4) is 5.75 Å². The summed E-state index contributed by atoms with van der Waals surface area (Å²) in [5.74, 6) is 1.22. The van der Waals surface area contributed by atoms with Crippen LogP contribution in [0, 0.1) is 11.3 Å². The zero-order valence-electron chi connectivity index (χ0n) is 12.8. The fraction of sp³-hybridized carbons (Fsp3) is 0.647. The number of aromatic hydroxyl groups is 1. The van der Waals surface area contributed by atoms with Crippen LogP contribution < -0.4 is 0 Å². The third kappa shape index (κ3) is 4.23. The van der Waals surface area contributed by atoms with E-state index in [1.165, 1.54) is 19.3 Å². The molecular weight excluding hydrogens is 314 g/mol. The minimum Gasteiger partial charge on any atom is -0.508 e. The number of halogens is 1. The third-order valence-corrected chi connectivity index (χ3v) is 4.97. The monoisotopic (exact) mass is 339 g/mol. The minimum absolute atomic E-state index is 0.407. The fourth-order valence-electron chi connectivity index (χ4n) is 3.10. The molecule has 0 bridgehead atoms. The summed E-state index contributed by atoms with van der Waals surface area (Å²) in [5.41, 5.74) is 1.43. The lowest BCUT2D eigenvalue weighted by molar-refractivity contribution is 0.206. The van der Waals surface area contributed by atoms with Crippen LogP contribution in [0.25, 0.3) is 0 Å². The molecule has 0 radical (unpaired) electrons. The van der Waals surface area contributed by atoms with Crippen molar-refractivity contribution in [2.75, 3.05) is 13.1 Å². The molecule has 1 aromatic carbocycles. The predicted octanol–water partition coefficient (Wildman–Crippen LogP) is 4.80. The second kappa shape index (κ2) is 6.48. The van der Waals surface area contributed by atoms with Gasteiger partial charge in [-0.2, -0.15) is 0 Å². The number of benzene rings is 1. The van der Waals surface area contributed by atoms with Gasteiger partial charge in [-0.3, -0.25) is 4.90 Å². The normalized spacial score (nSPS) is 21.7. The number of phenolic OH excluding ortho intramolecular Hbond substituents is 1. The molecule has 1 heterocycles. The Morgan fingerprint density at radius 1 is 1.25 bits per heavy atom. The van der Waals surface area contributed by atoms with Crippen LogP contribution in [0.3, 0.4) is 0 Å². The molecule has 1 N–H and O–H groups in total. The Bertz CT molecular complexity index is 453. The first kappa shape index (κ1) is 15.8. The molecule has 1 saturated heterocycles. The topological polar surface area (TPSA) is 23.5 Å². The molecule has 1 unspecified atom stereocenters. The minimum atomic E-state index is 0.407. The average Bonchev–Trinajstić information content (AvgIpc) is 2.59. The van der Waals surface area contributed by atoms with E-state index >= 15 is 0 Å². The molecule has 3 heteroatoms. The number of phenols is 1. The van der Waals surface area contributed by atoms with Crippen LogP contribution >= 0.6 is 15.9 Å². The summed E-state index contributed by atoms with van der Waals surface area (Å²) in [7, 11) is 0. The highest BCUT2D eigenvalue weighted by Crippen LogP contribution is 2.34. The van der Waals surface area contributed by atoms with Gasteiger partial charge >= 0.3 is 0 Å². The van der Waals surface area contributed by atoms with Gasteiger partial charge < -0.3 is 5.11 Å². The molecule has 0 aromatic heterocycles. The molecule has 1 aromatic rings. The van der Waals surface area contributed by atoms with Crippen molar-refractivity contribution in [1.82, 2.24) is 4.90 Å². The number of hydrogen-bond donors (Lipinski definition) is 1. The van der Waals surface area contributed by atoms with Crippen LogP contribution in [0.2, 0.25) is 0 Å². The standard InChI is InChI=1S/C17H26BrNO/c1-17(2,3)14-5-4-9-19(10-8-14)12-13-11-15(18)6-7-16(13)20/h6-7,11,14,20H,4-5,8-10,12H2,1-3H3. The van der Waals surface area contributed by atoms with E-state index in [2.05, 4.69) is 41.6 Å². The zero-order valence-corrected chi connectivity index (χ0v) is 14.4. The second-order valence-corrected chi connectivity index (χ2v) is 7.96. The Hall–Kier alpha value is -0.540. The van der Waals surface area contributed by atoms with Gasteiger partial charge in [-0.15, -0.1) is 0 Å². The average molecular weight is 340 g/mol. The molecule has 1 aliphatic rings. The van der Waals surface area contributed by atoms with Gasteiger partial charge in [0.1, 0.15) is 5.75 Å². The molecule has 2 rings (SSSR count). The Morgan fingerprint density at radius 2 is 2.00 bits per heavy atom. The van der Waals surface area contributed by atoms with Crippen molar-refractivity contribution in [2.45, 2.75) is 46.6 Å². The highest BCUT2D eigenvalue weighted by molar-refractivity contribution is 9.10. The van der Waals surface area contributed by atoms with Crippen molar-refractivity contribution >= 4 is 15.9 Å². The molecule has 1 aliphatic heterocycles. The Balaban J connectivity index is 1.99. The van der Waals surface area contributed by atoms with Crippen molar-refractivity contribution in [2.24, 2.45) is 11.3 Å². The van der Waals surface area contributed by atoms with E-state index in [1.54, 1.807) is 6.07 Å². The number of hydrogen-bond acceptors (Lipinski definition) is 2. The van der Waals surface area contributed by atoms with Gasteiger partial charge in [0.05, 0.1) is 0 Å². The van der Waals surface area contributed by atoms with Gasteiger partial charge in [-0.1, -0.05) is 36.7 Å². The quantitative estimate of drug-likeness (QED) is 0.836. The van der Waals surface area contributed by atoms with E-state index in [1.807, 2.05) is 12.1 Å². The third-order valence-electron chi connectivity index (χ3n) is 4.48. The van der Waals surface area contributed by atoms with Gasteiger partial charge in [0.2, 0.25) is 0 Å². The summed E-state index contributed by atoms with van der Waals surface area (Å²) in [6.07, 6.45) is 3.85. The summed E-state index contributed by atoms with van der Waals surface area (Å²) in [6.45, 7) is 10.2. The fourth-order valence-corrected chi connectivity index (χ4v) is 3.51. The van der Waals surface area contributed by atoms with Crippen molar-refractivity contribution in [1.29, 1.82) is 0 Å². The first-order valence-electron chi connectivity index (χ1n) is 7.56. The van der Waals surface area contributed by atoms with E-state index < -0.39 is 0 Å². The summed E-state index contributed by atoms with van der Waals surface area (Å²) in [5, 5.41) is 9.97. The Kier molecular flexibility index (Phi) is 5.14. The molecule has 1 fully saturated rings. The van der Waals surface area contributed by atoms with Crippen LogP contribution in [0.1, 0.15) is 45.6 Å². The summed E-state index contributed by atoms with van der Waals surface area (Å²) >= 11 is 3.48. The maximum Gasteiger partial charge on any atom is 0.120 e. The summed E-state index contributed by atoms with van der Waals surface area (Å²) in [6, 6.07) is 5.69. The van der Waals surface area contributed by atoms with E-state index in [9.17, 15) is 5.11 Å². The summed E-state index contributed by atoms with van der Waals surface area (Å²) < 4.78 is 1.03. The SMILES string of the molecule is CC(C)(C)C1CCCN(Cc2cc(Br)ccc2O)CC1. The van der Waals surface area contributed by atoms with Gasteiger partial charge in [-0.05, 0) is 61.9 Å². The molecule has 2 nitrogen and oxygen atoms in total. The van der Waals surface area contributed by atoms with Crippen LogP contribution in [-0.2, 0) is 6.54 Å². The first-order valence-corrected chi connectivity index (χ1v) is 8.35. The van der Waals surface area contributed by atoms with Crippen LogP contribution in [-0.4, -0.2) is 23.1 Å². The number of likely N-dealkylation sites (tertiary alicyclic amines) is 1. The maximum absolute atomic E-state index is 9.97. The summed E-state index contributed by atoms with van der Waals surface area (Å²) in [4.78, 5) is 2.48. The van der Waals surface area contributed by atoms with E-state index in [0.717, 1.165) is 35.6 Å². The highest BCUT2D eigenvalue weighted by Gasteiger charge is 2.27. The van der Waals surface area contributed by atoms with Gasteiger partial charge in [0.15, 0.2) is 0 Å². The molecule has 0 saturated carbocycles. The van der Waals surface area contributed by atoms with E-state index in [4.69, 9.17) is 0 Å². The maximum atomic E-state index is 9.97. The van der Waals surface area contributed by atoms with Crippen molar-refractivity contribution in [3.63, 3.8) is 0 Å². The smallest absolute Gasteiger partial charge is 0.120 e. The van der Waals surface area contributed by atoms with Gasteiger partial charge in [0.25, 0.3) is 0 Å². The largest absolute Gasteiger partial charge is 0.508 e. The lowest BCUT2D eigenvalue weighted by Crippen LogP contribution is -2.26. The van der Waals surface area contributed by atoms with Gasteiger partial charge in [0, 0.05) is 16.6 Å².